The molecule has 2 rings (SSSR count). The lowest BCUT2D eigenvalue weighted by Gasteiger charge is -2.18. The van der Waals surface area contributed by atoms with Crippen LogP contribution in [0.3, 0.4) is 0 Å². The Morgan fingerprint density at radius 3 is 2.35 bits per heavy atom. The van der Waals surface area contributed by atoms with Gasteiger partial charge in [0.1, 0.15) is 0 Å². The van der Waals surface area contributed by atoms with Crippen LogP contribution in [0.25, 0.3) is 10.8 Å². The molecule has 0 aromatic heterocycles. The fraction of sp³-hybridized carbons (Fsp3) is 0.350. The molecule has 26 heavy (non-hydrogen) atoms. The Balaban J connectivity index is 2.09. The second-order valence-electron chi connectivity index (χ2n) is 6.06. The van der Waals surface area contributed by atoms with Gasteiger partial charge < -0.3 is 14.8 Å². The van der Waals surface area contributed by atoms with Gasteiger partial charge in [0.05, 0.1) is 32.6 Å². The molecule has 138 valence electrons. The van der Waals surface area contributed by atoms with Gasteiger partial charge in [0, 0.05) is 6.42 Å². The maximum atomic E-state index is 12.4. The van der Waals surface area contributed by atoms with E-state index in [1.165, 1.54) is 14.2 Å². The lowest BCUT2D eigenvalue weighted by Crippen LogP contribution is -2.32. The zero-order valence-electron chi connectivity index (χ0n) is 15.2. The van der Waals surface area contributed by atoms with E-state index < -0.39 is 17.9 Å². The largest absolute Gasteiger partial charge is 0.469 e. The van der Waals surface area contributed by atoms with E-state index in [1.807, 2.05) is 49.4 Å². The topological polar surface area (TPSA) is 81.7 Å². The summed E-state index contributed by atoms with van der Waals surface area (Å²) in [5.74, 6) is -2.37. The number of ether oxygens (including phenoxy) is 2. The van der Waals surface area contributed by atoms with Crippen molar-refractivity contribution in [1.29, 1.82) is 0 Å². The van der Waals surface area contributed by atoms with Crippen molar-refractivity contribution in [1.82, 2.24) is 5.32 Å². The number of amides is 1. The minimum Gasteiger partial charge on any atom is -0.469 e. The van der Waals surface area contributed by atoms with Gasteiger partial charge in [-0.15, -0.1) is 0 Å². The van der Waals surface area contributed by atoms with E-state index in [2.05, 4.69) is 14.8 Å². The van der Waals surface area contributed by atoms with Crippen LogP contribution in [-0.2, 0) is 23.9 Å². The summed E-state index contributed by atoms with van der Waals surface area (Å²) in [5, 5.41) is 5.03. The summed E-state index contributed by atoms with van der Waals surface area (Å²) in [6.07, 6.45) is -0.337. The summed E-state index contributed by atoms with van der Waals surface area (Å²) in [6, 6.07) is 13.6. The van der Waals surface area contributed by atoms with Crippen molar-refractivity contribution in [3.63, 3.8) is 0 Å². The molecule has 0 bridgehead atoms. The SMILES string of the molecule is COC(=O)C[C@H](CC(=O)N[C@H](C)c1cccc2ccccc12)C(=O)OC. The highest BCUT2D eigenvalue weighted by atomic mass is 16.5. The molecule has 6 heteroatoms. The van der Waals surface area contributed by atoms with Crippen LogP contribution < -0.4 is 5.32 Å². The number of carbonyl (C=O) groups excluding carboxylic acids is 3. The molecule has 0 aliphatic carbocycles. The number of rotatable bonds is 7. The molecule has 0 aliphatic heterocycles. The monoisotopic (exact) mass is 357 g/mol. The van der Waals surface area contributed by atoms with Crippen molar-refractivity contribution >= 4 is 28.6 Å². The number of benzene rings is 2. The maximum absolute atomic E-state index is 12.4. The van der Waals surface area contributed by atoms with E-state index in [0.717, 1.165) is 16.3 Å². The number of carbonyl (C=O) groups is 3. The molecule has 0 unspecified atom stereocenters. The Hall–Kier alpha value is -2.89. The molecule has 0 saturated heterocycles. The normalized spacial score (nSPS) is 12.9. The van der Waals surface area contributed by atoms with Crippen LogP contribution in [0.4, 0.5) is 0 Å². The van der Waals surface area contributed by atoms with E-state index in [9.17, 15) is 14.4 Å². The van der Waals surface area contributed by atoms with E-state index in [-0.39, 0.29) is 24.8 Å². The second kappa shape index (κ2) is 8.99. The first kappa shape index (κ1) is 19.4. The number of nitrogens with one attached hydrogen (secondary N) is 1. The molecule has 1 amide bonds. The Bertz CT molecular complexity index is 796. The molecule has 1 N–H and O–H groups in total. The summed E-state index contributed by atoms with van der Waals surface area (Å²) in [5.41, 5.74) is 0.985. The van der Waals surface area contributed by atoms with E-state index in [1.54, 1.807) is 0 Å². The molecule has 0 spiro atoms. The van der Waals surface area contributed by atoms with Gasteiger partial charge >= 0.3 is 11.9 Å². The fourth-order valence-corrected chi connectivity index (χ4v) is 2.92. The average molecular weight is 357 g/mol. The smallest absolute Gasteiger partial charge is 0.309 e. The summed E-state index contributed by atoms with van der Waals surface area (Å²) >= 11 is 0. The maximum Gasteiger partial charge on any atom is 0.309 e. The van der Waals surface area contributed by atoms with Crippen LogP contribution in [0.1, 0.15) is 31.4 Å². The third-order valence-electron chi connectivity index (χ3n) is 4.27. The molecule has 0 fully saturated rings. The zero-order valence-corrected chi connectivity index (χ0v) is 15.2. The van der Waals surface area contributed by atoms with Gasteiger partial charge in [-0.25, -0.2) is 0 Å². The van der Waals surface area contributed by atoms with Crippen LogP contribution in [0.5, 0.6) is 0 Å². The summed E-state index contributed by atoms with van der Waals surface area (Å²) in [4.78, 5) is 35.7. The summed E-state index contributed by atoms with van der Waals surface area (Å²) < 4.78 is 9.26. The zero-order chi connectivity index (χ0) is 19.1. The van der Waals surface area contributed by atoms with Crippen LogP contribution in [0.15, 0.2) is 42.5 Å². The first-order chi connectivity index (χ1) is 12.5. The third-order valence-corrected chi connectivity index (χ3v) is 4.27. The molecule has 2 aromatic carbocycles. The van der Waals surface area contributed by atoms with Crippen molar-refractivity contribution in [2.45, 2.75) is 25.8 Å². The van der Waals surface area contributed by atoms with Crippen molar-refractivity contribution < 1.29 is 23.9 Å². The number of esters is 2. The Morgan fingerprint density at radius 1 is 0.962 bits per heavy atom. The molecule has 2 aromatic rings. The molecule has 0 aliphatic rings. The van der Waals surface area contributed by atoms with E-state index in [4.69, 9.17) is 0 Å². The van der Waals surface area contributed by atoms with Crippen LogP contribution >= 0.6 is 0 Å². The molecule has 2 atom stereocenters. The van der Waals surface area contributed by atoms with Gasteiger partial charge in [0.25, 0.3) is 0 Å². The summed E-state index contributed by atoms with van der Waals surface area (Å²) in [6.45, 7) is 1.88. The van der Waals surface area contributed by atoms with Crippen LogP contribution in [-0.4, -0.2) is 32.1 Å². The minimum absolute atomic E-state index is 0.142. The van der Waals surface area contributed by atoms with Gasteiger partial charge in [-0.3, -0.25) is 14.4 Å². The van der Waals surface area contributed by atoms with Crippen LogP contribution in [0.2, 0.25) is 0 Å². The van der Waals surface area contributed by atoms with Gasteiger partial charge in [0.15, 0.2) is 0 Å². The highest BCUT2D eigenvalue weighted by molar-refractivity contribution is 5.88. The van der Waals surface area contributed by atoms with Crippen LogP contribution in [0, 0.1) is 5.92 Å². The summed E-state index contributed by atoms with van der Waals surface area (Å²) in [7, 11) is 2.46. The van der Waals surface area contributed by atoms with E-state index >= 15 is 0 Å². The predicted molar refractivity (Wildman–Crippen MR) is 97.3 cm³/mol. The van der Waals surface area contributed by atoms with Gasteiger partial charge in [-0.1, -0.05) is 42.5 Å². The average Bonchev–Trinajstić information content (AvgIpc) is 2.65. The van der Waals surface area contributed by atoms with Crippen molar-refractivity contribution in [2.24, 2.45) is 5.92 Å². The molecular weight excluding hydrogens is 334 g/mol. The number of hydrogen-bond donors (Lipinski definition) is 1. The highest BCUT2D eigenvalue weighted by Gasteiger charge is 2.26. The first-order valence-electron chi connectivity index (χ1n) is 8.38. The minimum atomic E-state index is -0.868. The Labute approximate surface area is 152 Å². The quantitative estimate of drug-likeness (QED) is 0.771. The molecule has 6 nitrogen and oxygen atoms in total. The molecule has 0 heterocycles. The fourth-order valence-electron chi connectivity index (χ4n) is 2.92. The Kier molecular flexibility index (Phi) is 6.72. The highest BCUT2D eigenvalue weighted by Crippen LogP contribution is 2.24. The molecular formula is C20H23NO5. The number of hydrogen-bond acceptors (Lipinski definition) is 5. The Morgan fingerprint density at radius 2 is 1.65 bits per heavy atom. The van der Waals surface area contributed by atoms with Crippen molar-refractivity contribution in [2.75, 3.05) is 14.2 Å². The predicted octanol–water partition coefficient (Wildman–Crippen LogP) is 2.76. The number of fused-ring (bicyclic) bond motifs is 1. The molecule has 0 radical (unpaired) electrons. The second-order valence-corrected chi connectivity index (χ2v) is 6.06. The van der Waals surface area contributed by atoms with E-state index in [0.29, 0.717) is 0 Å². The standard InChI is InChI=1S/C20H23NO5/c1-13(16-10-6-8-14-7-4-5-9-17(14)16)21-18(22)11-15(20(24)26-3)12-19(23)25-2/h4-10,13,15H,11-12H2,1-3H3,(H,21,22)/t13-,15+/m1/s1. The molecule has 0 saturated carbocycles. The van der Waals surface area contributed by atoms with Gasteiger partial charge in [0.2, 0.25) is 5.91 Å². The third kappa shape index (κ3) is 4.81. The lowest BCUT2D eigenvalue weighted by atomic mass is 9.98. The van der Waals surface area contributed by atoms with Crippen molar-refractivity contribution in [3.05, 3.63) is 48.0 Å². The van der Waals surface area contributed by atoms with Crippen molar-refractivity contribution in [3.8, 4) is 0 Å². The van der Waals surface area contributed by atoms with Gasteiger partial charge in [-0.2, -0.15) is 0 Å². The lowest BCUT2D eigenvalue weighted by molar-refractivity contribution is -0.153. The number of methoxy groups -OCH3 is 2. The van der Waals surface area contributed by atoms with Gasteiger partial charge in [-0.05, 0) is 23.3 Å². The first-order valence-corrected chi connectivity index (χ1v) is 8.38.